The minimum Gasteiger partial charge on any atom is -0.452 e. The number of nitro benzene ring substituents is 1. The van der Waals surface area contributed by atoms with Crippen LogP contribution in [0.15, 0.2) is 58.3 Å². The largest absolute Gasteiger partial charge is 0.452 e. The molecule has 0 fully saturated rings. The molecule has 0 radical (unpaired) electrons. The molecule has 0 N–H and O–H groups in total. The van der Waals surface area contributed by atoms with Gasteiger partial charge in [0.2, 0.25) is 0 Å². The van der Waals surface area contributed by atoms with Crippen molar-refractivity contribution in [3.8, 4) is 0 Å². The second kappa shape index (κ2) is 9.92. The minimum atomic E-state index is -0.569. The number of carbonyl (C=O) groups excluding carboxylic acids is 2. The lowest BCUT2D eigenvalue weighted by Gasteiger charge is -2.29. The lowest BCUT2D eigenvalue weighted by molar-refractivity contribution is -0.384. The average molecular weight is 470 g/mol. The lowest BCUT2D eigenvalue weighted by atomic mass is 10.0. The Morgan fingerprint density at radius 2 is 2.09 bits per heavy atom. The normalized spacial score (nSPS) is 12.8. The number of thiazole rings is 1. The summed E-state index contributed by atoms with van der Waals surface area (Å²) < 4.78 is 5.33. The summed E-state index contributed by atoms with van der Waals surface area (Å²) in [5, 5.41) is 13.0. The zero-order valence-corrected chi connectivity index (χ0v) is 18.6. The van der Waals surface area contributed by atoms with Crippen molar-refractivity contribution in [3.05, 3.63) is 80.3 Å². The fourth-order valence-electron chi connectivity index (χ4n) is 3.46. The third-order valence-electron chi connectivity index (χ3n) is 4.99. The van der Waals surface area contributed by atoms with Crippen LogP contribution in [0.25, 0.3) is 0 Å². The van der Waals surface area contributed by atoms with Gasteiger partial charge in [0.15, 0.2) is 6.61 Å². The molecule has 0 saturated carbocycles. The van der Waals surface area contributed by atoms with Crippen LogP contribution in [0.2, 0.25) is 0 Å². The molecule has 1 aliphatic rings. The molecule has 1 amide bonds. The number of carbonyl (C=O) groups is 2. The van der Waals surface area contributed by atoms with Gasteiger partial charge in [-0.2, -0.15) is 0 Å². The molecular weight excluding hydrogens is 450 g/mol. The molecule has 0 bridgehead atoms. The Morgan fingerprint density at radius 3 is 2.88 bits per heavy atom. The Balaban J connectivity index is 1.41. The number of anilines is 1. The molecule has 0 aliphatic carbocycles. The Kier molecular flexibility index (Phi) is 6.81. The minimum absolute atomic E-state index is 0.00349. The summed E-state index contributed by atoms with van der Waals surface area (Å²) in [5.41, 5.74) is 4.46. The molecule has 2 heterocycles. The summed E-state index contributed by atoms with van der Waals surface area (Å²) in [6, 6.07) is 11.6. The smallest absolute Gasteiger partial charge is 0.339 e. The van der Waals surface area contributed by atoms with E-state index in [4.69, 9.17) is 4.74 Å². The van der Waals surface area contributed by atoms with E-state index in [1.807, 2.05) is 17.5 Å². The molecule has 164 valence electrons. The third kappa shape index (κ3) is 4.97. The van der Waals surface area contributed by atoms with E-state index < -0.39 is 17.5 Å². The molecule has 8 nitrogen and oxygen atoms in total. The number of benzene rings is 2. The van der Waals surface area contributed by atoms with Crippen LogP contribution in [0.3, 0.4) is 0 Å². The number of hydrogen-bond donors (Lipinski definition) is 0. The average Bonchev–Trinajstić information content (AvgIpc) is 3.34. The van der Waals surface area contributed by atoms with Gasteiger partial charge in [0.25, 0.3) is 11.6 Å². The summed E-state index contributed by atoms with van der Waals surface area (Å²) in [5.74, 6) is -0.301. The summed E-state index contributed by atoms with van der Waals surface area (Å²) >= 11 is 3.00. The monoisotopic (exact) mass is 469 g/mol. The molecule has 3 aromatic rings. The van der Waals surface area contributed by atoms with E-state index in [2.05, 4.69) is 4.98 Å². The fourth-order valence-corrected chi connectivity index (χ4v) is 5.07. The van der Waals surface area contributed by atoms with Crippen LogP contribution in [-0.4, -0.2) is 34.9 Å². The SMILES string of the molecule is O=C(OCC(=O)N1CCCc2cc([N+](=O)[O-])ccc21)c1ccccc1SCc1cscn1. The highest BCUT2D eigenvalue weighted by Gasteiger charge is 2.25. The molecule has 0 unspecified atom stereocenters. The van der Waals surface area contributed by atoms with Crippen LogP contribution in [0.4, 0.5) is 11.4 Å². The van der Waals surface area contributed by atoms with Gasteiger partial charge in [0.1, 0.15) is 0 Å². The number of non-ortho nitro benzene ring substituents is 1. The van der Waals surface area contributed by atoms with E-state index in [0.717, 1.165) is 16.2 Å². The van der Waals surface area contributed by atoms with Crippen LogP contribution in [0.1, 0.15) is 28.0 Å². The van der Waals surface area contributed by atoms with Crippen molar-refractivity contribution in [1.29, 1.82) is 0 Å². The number of nitro groups is 1. The van der Waals surface area contributed by atoms with E-state index >= 15 is 0 Å². The van der Waals surface area contributed by atoms with Crippen LogP contribution in [-0.2, 0) is 21.7 Å². The molecule has 0 saturated heterocycles. The quantitative estimate of drug-likeness (QED) is 0.218. The predicted octanol–water partition coefficient (Wildman–Crippen LogP) is 4.48. The number of fused-ring (bicyclic) bond motifs is 1. The Labute approximate surface area is 192 Å². The van der Waals surface area contributed by atoms with E-state index in [9.17, 15) is 19.7 Å². The van der Waals surface area contributed by atoms with Crippen molar-refractivity contribution in [1.82, 2.24) is 4.98 Å². The van der Waals surface area contributed by atoms with Crippen molar-refractivity contribution >= 4 is 46.3 Å². The Hall–Kier alpha value is -3.24. The first-order valence-corrected chi connectivity index (χ1v) is 11.8. The first-order chi connectivity index (χ1) is 15.5. The van der Waals surface area contributed by atoms with Crippen molar-refractivity contribution in [2.24, 2.45) is 0 Å². The van der Waals surface area contributed by atoms with E-state index in [1.54, 1.807) is 23.7 Å². The topological polar surface area (TPSA) is 103 Å². The van der Waals surface area contributed by atoms with E-state index in [-0.39, 0.29) is 11.6 Å². The molecular formula is C22H19N3O5S2. The highest BCUT2D eigenvalue weighted by molar-refractivity contribution is 7.98. The molecule has 4 rings (SSSR count). The van der Waals surface area contributed by atoms with E-state index in [0.29, 0.717) is 36.4 Å². The Morgan fingerprint density at radius 1 is 1.25 bits per heavy atom. The molecule has 1 aliphatic heterocycles. The van der Waals surface area contributed by atoms with Crippen LogP contribution < -0.4 is 4.90 Å². The number of amides is 1. The van der Waals surface area contributed by atoms with E-state index in [1.165, 1.54) is 40.1 Å². The first-order valence-electron chi connectivity index (χ1n) is 9.86. The number of esters is 1. The zero-order chi connectivity index (χ0) is 22.5. The maximum atomic E-state index is 12.8. The highest BCUT2D eigenvalue weighted by atomic mass is 32.2. The highest BCUT2D eigenvalue weighted by Crippen LogP contribution is 2.31. The number of aryl methyl sites for hydroxylation is 1. The van der Waals surface area contributed by atoms with Gasteiger partial charge in [0, 0.05) is 40.4 Å². The van der Waals surface area contributed by atoms with Crippen LogP contribution >= 0.6 is 23.1 Å². The number of ether oxygens (including phenoxy) is 1. The molecule has 0 spiro atoms. The number of hydrogen-bond acceptors (Lipinski definition) is 8. The zero-order valence-electron chi connectivity index (χ0n) is 16.9. The summed E-state index contributed by atoms with van der Waals surface area (Å²) in [6.45, 7) is 0.0711. The number of thioether (sulfide) groups is 1. The maximum absolute atomic E-state index is 12.8. The summed E-state index contributed by atoms with van der Waals surface area (Å²) in [4.78, 5) is 42.6. The first kappa shape index (κ1) is 22.0. The maximum Gasteiger partial charge on any atom is 0.339 e. The number of aromatic nitrogens is 1. The second-order valence-electron chi connectivity index (χ2n) is 7.06. The van der Waals surface area contributed by atoms with Gasteiger partial charge in [-0.1, -0.05) is 12.1 Å². The Bertz CT molecular complexity index is 1150. The van der Waals surface area contributed by atoms with Crippen LogP contribution in [0, 0.1) is 10.1 Å². The van der Waals surface area contributed by atoms with Gasteiger partial charge in [-0.05, 0) is 36.6 Å². The van der Waals surface area contributed by atoms with Crippen molar-refractivity contribution < 1.29 is 19.2 Å². The summed E-state index contributed by atoms with van der Waals surface area (Å²) in [7, 11) is 0. The van der Waals surface area contributed by atoms with Gasteiger partial charge in [0.05, 0.1) is 21.7 Å². The number of nitrogens with zero attached hydrogens (tertiary/aromatic N) is 3. The summed E-state index contributed by atoms with van der Waals surface area (Å²) in [6.07, 6.45) is 1.34. The van der Waals surface area contributed by atoms with Gasteiger partial charge in [-0.25, -0.2) is 9.78 Å². The van der Waals surface area contributed by atoms with Gasteiger partial charge in [-0.3, -0.25) is 14.9 Å². The third-order valence-corrected chi connectivity index (χ3v) is 6.73. The molecule has 2 aromatic carbocycles. The van der Waals surface area contributed by atoms with Crippen molar-refractivity contribution in [2.45, 2.75) is 23.5 Å². The number of rotatable bonds is 7. The molecule has 0 atom stereocenters. The molecule has 1 aromatic heterocycles. The van der Waals surface area contributed by atoms with Gasteiger partial charge >= 0.3 is 5.97 Å². The van der Waals surface area contributed by atoms with Crippen molar-refractivity contribution in [3.63, 3.8) is 0 Å². The predicted molar refractivity (Wildman–Crippen MR) is 122 cm³/mol. The van der Waals surface area contributed by atoms with Gasteiger partial charge in [-0.15, -0.1) is 23.1 Å². The second-order valence-corrected chi connectivity index (χ2v) is 8.80. The molecule has 32 heavy (non-hydrogen) atoms. The van der Waals surface area contributed by atoms with Crippen LogP contribution in [0.5, 0.6) is 0 Å². The fraction of sp³-hybridized carbons (Fsp3) is 0.227. The standard InChI is InChI=1S/C22H19N3O5S2/c26-21(24-9-3-4-15-10-17(25(28)29)7-8-19(15)24)11-30-22(27)18-5-1-2-6-20(18)32-13-16-12-31-14-23-16/h1-2,5-8,10,12,14H,3-4,9,11,13H2. The molecule has 10 heteroatoms. The lowest BCUT2D eigenvalue weighted by Crippen LogP contribution is -2.38. The van der Waals surface area contributed by atoms with Crippen molar-refractivity contribution in [2.75, 3.05) is 18.1 Å². The van der Waals surface area contributed by atoms with Gasteiger partial charge < -0.3 is 9.64 Å².